The van der Waals surface area contributed by atoms with E-state index in [9.17, 15) is 22.8 Å². The SMILES string of the molecule is CC(C)NC(=O)c1cccc(I)c1C(=O)Nc1cc(C(F)(F)F)nn1-c1ccccc1Cl. The van der Waals surface area contributed by atoms with Crippen LogP contribution in [0.2, 0.25) is 5.02 Å². The fourth-order valence-electron chi connectivity index (χ4n) is 2.88. The van der Waals surface area contributed by atoms with Crippen molar-refractivity contribution in [2.45, 2.75) is 26.1 Å². The quantitative estimate of drug-likeness (QED) is 0.392. The summed E-state index contributed by atoms with van der Waals surface area (Å²) in [6.07, 6.45) is -4.74. The Morgan fingerprint density at radius 3 is 2.41 bits per heavy atom. The van der Waals surface area contributed by atoms with Gasteiger partial charge in [0, 0.05) is 15.7 Å². The summed E-state index contributed by atoms with van der Waals surface area (Å²) in [5.41, 5.74) is -0.913. The highest BCUT2D eigenvalue weighted by atomic mass is 127. The Hall–Kier alpha value is -2.60. The third-order valence-electron chi connectivity index (χ3n) is 4.23. The van der Waals surface area contributed by atoms with Gasteiger partial charge in [0.25, 0.3) is 11.8 Å². The molecule has 0 saturated heterocycles. The Morgan fingerprint density at radius 1 is 1.09 bits per heavy atom. The van der Waals surface area contributed by atoms with Crippen molar-refractivity contribution in [1.29, 1.82) is 0 Å². The number of hydrogen-bond acceptors (Lipinski definition) is 3. The number of halogens is 5. The van der Waals surface area contributed by atoms with Crippen LogP contribution in [-0.2, 0) is 6.18 Å². The molecule has 6 nitrogen and oxygen atoms in total. The van der Waals surface area contributed by atoms with Crippen LogP contribution in [0.3, 0.4) is 0 Å². The van der Waals surface area contributed by atoms with E-state index >= 15 is 0 Å². The summed E-state index contributed by atoms with van der Waals surface area (Å²) in [5.74, 6) is -1.48. The number of para-hydroxylation sites is 1. The number of carbonyl (C=O) groups excluding carboxylic acids is 2. The van der Waals surface area contributed by atoms with Gasteiger partial charge in [-0.1, -0.05) is 29.8 Å². The molecule has 0 bridgehead atoms. The van der Waals surface area contributed by atoms with Crippen LogP contribution in [0.1, 0.15) is 40.3 Å². The topological polar surface area (TPSA) is 76.0 Å². The van der Waals surface area contributed by atoms with E-state index in [1.807, 2.05) is 22.6 Å². The largest absolute Gasteiger partial charge is 0.435 e. The van der Waals surface area contributed by atoms with Crippen LogP contribution in [0.15, 0.2) is 48.5 Å². The van der Waals surface area contributed by atoms with Gasteiger partial charge >= 0.3 is 6.18 Å². The maximum atomic E-state index is 13.3. The van der Waals surface area contributed by atoms with Crippen LogP contribution in [0, 0.1) is 3.57 Å². The van der Waals surface area contributed by atoms with Crippen molar-refractivity contribution < 1.29 is 22.8 Å². The lowest BCUT2D eigenvalue weighted by Crippen LogP contribution is -2.32. The summed E-state index contributed by atoms with van der Waals surface area (Å²) in [5, 5.41) is 8.90. The lowest BCUT2D eigenvalue weighted by atomic mass is 10.1. The van der Waals surface area contributed by atoms with E-state index < -0.39 is 23.7 Å². The second kappa shape index (κ2) is 9.49. The van der Waals surface area contributed by atoms with Crippen molar-refractivity contribution in [3.8, 4) is 5.69 Å². The summed E-state index contributed by atoms with van der Waals surface area (Å²) in [7, 11) is 0. The number of rotatable bonds is 5. The predicted octanol–water partition coefficient (Wildman–Crippen LogP) is 5.54. The van der Waals surface area contributed by atoms with Crippen molar-refractivity contribution >= 4 is 51.8 Å². The summed E-state index contributed by atoms with van der Waals surface area (Å²) in [6, 6.07) is 11.4. The highest BCUT2D eigenvalue weighted by Gasteiger charge is 2.36. The third-order valence-corrected chi connectivity index (χ3v) is 5.45. The molecule has 0 unspecified atom stereocenters. The van der Waals surface area contributed by atoms with Gasteiger partial charge in [0.2, 0.25) is 0 Å². The molecule has 2 amide bonds. The van der Waals surface area contributed by atoms with Crippen LogP contribution < -0.4 is 10.6 Å². The Labute approximate surface area is 200 Å². The Morgan fingerprint density at radius 2 is 1.78 bits per heavy atom. The molecule has 0 aliphatic rings. The first-order valence-corrected chi connectivity index (χ1v) is 10.8. The van der Waals surface area contributed by atoms with E-state index in [0.29, 0.717) is 9.64 Å². The minimum absolute atomic E-state index is 0.0340. The summed E-state index contributed by atoms with van der Waals surface area (Å²) in [4.78, 5) is 25.7. The van der Waals surface area contributed by atoms with Crippen molar-refractivity contribution in [3.63, 3.8) is 0 Å². The zero-order valence-electron chi connectivity index (χ0n) is 16.8. The first kappa shape index (κ1) is 24.1. The molecule has 0 aliphatic carbocycles. The van der Waals surface area contributed by atoms with Gasteiger partial charge in [0.15, 0.2) is 5.69 Å². The molecule has 168 valence electrons. The van der Waals surface area contributed by atoms with Crippen LogP contribution in [0.4, 0.5) is 19.0 Å². The predicted molar refractivity (Wildman–Crippen MR) is 123 cm³/mol. The van der Waals surface area contributed by atoms with Crippen molar-refractivity contribution in [1.82, 2.24) is 15.1 Å². The number of aromatic nitrogens is 2. The van der Waals surface area contributed by atoms with E-state index in [-0.39, 0.29) is 33.7 Å². The van der Waals surface area contributed by atoms with Crippen LogP contribution >= 0.6 is 34.2 Å². The number of benzene rings is 2. The number of nitrogens with zero attached hydrogens (tertiary/aromatic N) is 2. The molecule has 0 radical (unpaired) electrons. The molecule has 11 heteroatoms. The highest BCUT2D eigenvalue weighted by molar-refractivity contribution is 14.1. The van der Waals surface area contributed by atoms with Crippen LogP contribution in [0.5, 0.6) is 0 Å². The molecule has 3 rings (SSSR count). The number of nitrogens with one attached hydrogen (secondary N) is 2. The van der Waals surface area contributed by atoms with E-state index in [0.717, 1.165) is 4.68 Å². The minimum Gasteiger partial charge on any atom is -0.350 e. The Bertz CT molecular complexity index is 1180. The minimum atomic E-state index is -4.74. The average molecular weight is 577 g/mol. The van der Waals surface area contributed by atoms with Gasteiger partial charge in [0.05, 0.1) is 21.8 Å². The molecule has 32 heavy (non-hydrogen) atoms. The fourth-order valence-corrected chi connectivity index (χ4v) is 3.84. The second-order valence-corrected chi connectivity index (χ2v) is 8.59. The maximum Gasteiger partial charge on any atom is 0.435 e. The molecule has 0 fully saturated rings. The van der Waals surface area contributed by atoms with Crippen LogP contribution in [0.25, 0.3) is 5.69 Å². The molecule has 1 aromatic heterocycles. The van der Waals surface area contributed by atoms with E-state index in [2.05, 4.69) is 15.7 Å². The molecule has 2 aromatic carbocycles. The highest BCUT2D eigenvalue weighted by Crippen LogP contribution is 2.33. The monoisotopic (exact) mass is 576 g/mol. The van der Waals surface area contributed by atoms with E-state index in [1.54, 1.807) is 38.1 Å². The summed E-state index contributed by atoms with van der Waals surface area (Å²) < 4.78 is 41.4. The van der Waals surface area contributed by atoms with Gasteiger partial charge in [-0.3, -0.25) is 9.59 Å². The van der Waals surface area contributed by atoms with E-state index in [4.69, 9.17) is 11.6 Å². The van der Waals surface area contributed by atoms with Crippen molar-refractivity contribution in [2.24, 2.45) is 0 Å². The number of anilines is 1. The van der Waals surface area contributed by atoms with Gasteiger partial charge in [-0.15, -0.1) is 0 Å². The smallest absolute Gasteiger partial charge is 0.350 e. The number of alkyl halides is 3. The van der Waals surface area contributed by atoms with Gasteiger partial charge in [-0.05, 0) is 60.7 Å². The summed E-state index contributed by atoms with van der Waals surface area (Å²) >= 11 is 8.03. The van der Waals surface area contributed by atoms with Gasteiger partial charge in [-0.2, -0.15) is 18.3 Å². The molecule has 0 atom stereocenters. The number of carbonyl (C=O) groups is 2. The summed E-state index contributed by atoms with van der Waals surface area (Å²) in [6.45, 7) is 3.54. The van der Waals surface area contributed by atoms with Crippen molar-refractivity contribution in [2.75, 3.05) is 5.32 Å². The first-order valence-electron chi connectivity index (χ1n) is 9.32. The standard InChI is InChI=1S/C21H17ClF3IN4O2/c1-11(2)27-19(31)12-6-5-8-14(26)18(12)20(32)28-17-10-16(21(23,24)25)29-30(17)15-9-4-3-7-13(15)22/h3-11H,1-2H3,(H,27,31)(H,28,32). The zero-order chi connectivity index (χ0) is 23.6. The Balaban J connectivity index is 2.07. The van der Waals surface area contributed by atoms with E-state index in [1.165, 1.54) is 18.2 Å². The second-order valence-electron chi connectivity index (χ2n) is 7.02. The lowest BCUT2D eigenvalue weighted by molar-refractivity contribution is -0.141. The fraction of sp³-hybridized carbons (Fsp3) is 0.190. The molecular formula is C21H17ClF3IN4O2. The molecular weight excluding hydrogens is 560 g/mol. The average Bonchev–Trinajstić information content (AvgIpc) is 3.11. The maximum absolute atomic E-state index is 13.3. The van der Waals surface area contributed by atoms with Gasteiger partial charge in [-0.25, -0.2) is 4.68 Å². The molecule has 2 N–H and O–H groups in total. The van der Waals surface area contributed by atoms with Gasteiger partial charge in [0.1, 0.15) is 5.82 Å². The molecule has 0 saturated carbocycles. The van der Waals surface area contributed by atoms with Gasteiger partial charge < -0.3 is 10.6 Å². The van der Waals surface area contributed by atoms with Crippen molar-refractivity contribution in [3.05, 3.63) is 73.9 Å². The Kier molecular flexibility index (Phi) is 7.13. The number of hydrogen-bond donors (Lipinski definition) is 2. The third kappa shape index (κ3) is 5.23. The zero-order valence-corrected chi connectivity index (χ0v) is 19.7. The number of amides is 2. The first-order chi connectivity index (χ1) is 15.0. The lowest BCUT2D eigenvalue weighted by Gasteiger charge is -2.15. The molecule has 1 heterocycles. The molecule has 3 aromatic rings. The van der Waals surface area contributed by atoms with Crippen LogP contribution in [-0.4, -0.2) is 27.6 Å². The molecule has 0 spiro atoms. The molecule has 0 aliphatic heterocycles. The normalized spacial score (nSPS) is 11.5.